The summed E-state index contributed by atoms with van der Waals surface area (Å²) in [6.07, 6.45) is 4.65. The second-order valence-electron chi connectivity index (χ2n) is 4.60. The molecule has 21 heavy (non-hydrogen) atoms. The van der Waals surface area contributed by atoms with Crippen LogP contribution in [-0.2, 0) is 30.2 Å². The van der Waals surface area contributed by atoms with Crippen LogP contribution in [0.4, 0.5) is 0 Å². The van der Waals surface area contributed by atoms with Gasteiger partial charge in [-0.2, -0.15) is 10.2 Å². The maximum Gasteiger partial charge on any atom is 0.244 e. The highest BCUT2D eigenvalue weighted by molar-refractivity contribution is 7.89. The van der Waals surface area contributed by atoms with E-state index in [1.807, 2.05) is 6.92 Å². The lowest BCUT2D eigenvalue weighted by Gasteiger charge is -2.03. The van der Waals surface area contributed by atoms with Crippen LogP contribution in [0.15, 0.2) is 29.6 Å². The first kappa shape index (κ1) is 15.7. The minimum absolute atomic E-state index is 0.158. The molecular formula is C12H20N6O2S. The number of nitrogens with one attached hydrogen (secondary N) is 2. The highest BCUT2D eigenvalue weighted by Crippen LogP contribution is 2.07. The molecule has 0 aliphatic carbocycles. The summed E-state index contributed by atoms with van der Waals surface area (Å²) >= 11 is 0. The predicted molar refractivity (Wildman–Crippen MR) is 78.0 cm³/mol. The van der Waals surface area contributed by atoms with Crippen LogP contribution in [0.2, 0.25) is 0 Å². The number of aromatic nitrogens is 4. The largest absolute Gasteiger partial charge is 0.315 e. The number of sulfonamides is 1. The number of nitrogens with zero attached hydrogens (tertiary/aromatic N) is 4. The Morgan fingerprint density at radius 1 is 1.38 bits per heavy atom. The van der Waals surface area contributed by atoms with Crippen LogP contribution < -0.4 is 10.0 Å². The fraction of sp³-hybridized carbons (Fsp3) is 0.500. The number of aryl methyl sites for hydroxylation is 1. The van der Waals surface area contributed by atoms with Gasteiger partial charge < -0.3 is 5.32 Å². The van der Waals surface area contributed by atoms with Gasteiger partial charge in [0.05, 0.1) is 25.0 Å². The predicted octanol–water partition coefficient (Wildman–Crippen LogP) is -0.295. The lowest BCUT2D eigenvalue weighted by Crippen LogP contribution is -2.23. The van der Waals surface area contributed by atoms with Crippen LogP contribution in [0.5, 0.6) is 0 Å². The molecule has 0 spiro atoms. The number of hydrogen-bond acceptors (Lipinski definition) is 5. The van der Waals surface area contributed by atoms with Gasteiger partial charge >= 0.3 is 0 Å². The average molecular weight is 312 g/mol. The van der Waals surface area contributed by atoms with Crippen molar-refractivity contribution in [1.29, 1.82) is 0 Å². The van der Waals surface area contributed by atoms with Crippen molar-refractivity contribution in [3.63, 3.8) is 0 Å². The summed E-state index contributed by atoms with van der Waals surface area (Å²) in [5.41, 5.74) is 0.667. The fourth-order valence-corrected chi connectivity index (χ4v) is 2.74. The minimum Gasteiger partial charge on any atom is -0.315 e. The standard InChI is InChI=1S/C12H20N6O2S/c1-3-13-5-7-18-10-12(9-14-18)21(19,20)15-8-11-4-6-17(2)16-11/h4,6,9-10,13,15H,3,5,7-8H2,1-2H3. The quantitative estimate of drug-likeness (QED) is 0.653. The van der Waals surface area contributed by atoms with Crippen LogP contribution in [0.1, 0.15) is 12.6 Å². The van der Waals surface area contributed by atoms with E-state index in [-0.39, 0.29) is 11.4 Å². The van der Waals surface area contributed by atoms with Gasteiger partial charge in [-0.3, -0.25) is 9.36 Å². The number of hydrogen-bond donors (Lipinski definition) is 2. The van der Waals surface area contributed by atoms with Crippen molar-refractivity contribution >= 4 is 10.0 Å². The first-order valence-electron chi connectivity index (χ1n) is 6.72. The normalized spacial score (nSPS) is 11.9. The fourth-order valence-electron chi connectivity index (χ4n) is 1.79. The summed E-state index contributed by atoms with van der Waals surface area (Å²) in [5.74, 6) is 0. The monoisotopic (exact) mass is 312 g/mol. The van der Waals surface area contributed by atoms with Gasteiger partial charge in [-0.15, -0.1) is 0 Å². The van der Waals surface area contributed by atoms with E-state index < -0.39 is 10.0 Å². The van der Waals surface area contributed by atoms with E-state index >= 15 is 0 Å². The first-order valence-corrected chi connectivity index (χ1v) is 8.21. The molecule has 0 fully saturated rings. The molecule has 0 aromatic carbocycles. The van der Waals surface area contributed by atoms with E-state index in [9.17, 15) is 8.42 Å². The average Bonchev–Trinajstić information content (AvgIpc) is 3.06. The van der Waals surface area contributed by atoms with E-state index in [1.165, 1.54) is 12.4 Å². The molecule has 116 valence electrons. The number of likely N-dealkylation sites (N-methyl/N-ethyl adjacent to an activating group) is 1. The summed E-state index contributed by atoms with van der Waals surface area (Å²) in [5, 5.41) is 11.3. The second-order valence-corrected chi connectivity index (χ2v) is 6.36. The summed E-state index contributed by atoms with van der Waals surface area (Å²) < 4.78 is 30.0. The molecule has 8 nitrogen and oxygen atoms in total. The zero-order valence-electron chi connectivity index (χ0n) is 12.2. The van der Waals surface area contributed by atoms with Crippen LogP contribution in [0.25, 0.3) is 0 Å². The Morgan fingerprint density at radius 2 is 2.19 bits per heavy atom. The summed E-state index contributed by atoms with van der Waals surface area (Å²) in [7, 11) is -1.78. The molecule has 2 aromatic rings. The molecule has 0 atom stereocenters. The number of rotatable bonds is 8. The van der Waals surface area contributed by atoms with Crippen molar-refractivity contribution in [2.75, 3.05) is 13.1 Å². The van der Waals surface area contributed by atoms with Crippen LogP contribution in [0.3, 0.4) is 0 Å². The second kappa shape index (κ2) is 6.83. The van der Waals surface area contributed by atoms with Crippen molar-refractivity contribution in [1.82, 2.24) is 29.6 Å². The third-order valence-electron chi connectivity index (χ3n) is 2.90. The van der Waals surface area contributed by atoms with Crippen molar-refractivity contribution in [2.24, 2.45) is 7.05 Å². The molecule has 0 radical (unpaired) electrons. The Kier molecular flexibility index (Phi) is 5.10. The zero-order valence-corrected chi connectivity index (χ0v) is 13.0. The van der Waals surface area contributed by atoms with E-state index in [0.717, 1.165) is 13.1 Å². The van der Waals surface area contributed by atoms with E-state index in [2.05, 4.69) is 20.2 Å². The third kappa shape index (κ3) is 4.38. The van der Waals surface area contributed by atoms with Crippen LogP contribution in [-0.4, -0.2) is 41.1 Å². The highest BCUT2D eigenvalue weighted by atomic mass is 32.2. The highest BCUT2D eigenvalue weighted by Gasteiger charge is 2.16. The van der Waals surface area contributed by atoms with Crippen molar-refractivity contribution in [3.05, 3.63) is 30.4 Å². The van der Waals surface area contributed by atoms with Gasteiger partial charge in [-0.25, -0.2) is 13.1 Å². The molecule has 2 aromatic heterocycles. The van der Waals surface area contributed by atoms with E-state index in [1.54, 1.807) is 28.7 Å². The molecule has 0 unspecified atom stereocenters. The molecule has 0 saturated carbocycles. The molecule has 2 heterocycles. The Labute approximate surface area is 124 Å². The molecule has 0 saturated heterocycles. The SMILES string of the molecule is CCNCCn1cc(S(=O)(=O)NCc2ccn(C)n2)cn1. The van der Waals surface area contributed by atoms with Crippen LogP contribution in [0, 0.1) is 0 Å². The maximum atomic E-state index is 12.1. The van der Waals surface area contributed by atoms with Gasteiger partial charge in [0, 0.05) is 26.0 Å². The minimum atomic E-state index is -3.56. The topological polar surface area (TPSA) is 93.8 Å². The molecular weight excluding hydrogens is 292 g/mol. The Bertz CT molecular complexity index is 675. The summed E-state index contributed by atoms with van der Waals surface area (Å²) in [4.78, 5) is 0.162. The molecule has 0 aliphatic heterocycles. The zero-order chi connectivity index (χ0) is 15.3. The lowest BCUT2D eigenvalue weighted by molar-refractivity contribution is 0.562. The molecule has 2 N–H and O–H groups in total. The van der Waals surface area contributed by atoms with Gasteiger partial charge in [-0.1, -0.05) is 6.92 Å². The van der Waals surface area contributed by atoms with E-state index in [4.69, 9.17) is 0 Å². The lowest BCUT2D eigenvalue weighted by atomic mass is 10.4. The summed E-state index contributed by atoms with van der Waals surface area (Å²) in [6, 6.07) is 1.77. The summed E-state index contributed by atoms with van der Waals surface area (Å²) in [6.45, 7) is 4.42. The molecule has 9 heteroatoms. The Morgan fingerprint density at radius 3 is 2.86 bits per heavy atom. The van der Waals surface area contributed by atoms with Crippen molar-refractivity contribution in [2.45, 2.75) is 24.9 Å². The molecule has 2 rings (SSSR count). The third-order valence-corrected chi connectivity index (χ3v) is 4.26. The maximum absolute atomic E-state index is 12.1. The molecule has 0 aliphatic rings. The van der Waals surface area contributed by atoms with Gasteiger partial charge in [0.15, 0.2) is 0 Å². The van der Waals surface area contributed by atoms with Crippen LogP contribution >= 0.6 is 0 Å². The van der Waals surface area contributed by atoms with Gasteiger partial charge in [-0.05, 0) is 12.6 Å². The van der Waals surface area contributed by atoms with Gasteiger partial charge in [0.25, 0.3) is 0 Å². The molecule has 0 amide bonds. The smallest absolute Gasteiger partial charge is 0.244 e. The van der Waals surface area contributed by atoms with Gasteiger partial charge in [0.1, 0.15) is 4.90 Å². The van der Waals surface area contributed by atoms with Crippen molar-refractivity contribution in [3.8, 4) is 0 Å². The Balaban J connectivity index is 1.95. The Hall–Kier alpha value is -1.71. The van der Waals surface area contributed by atoms with Crippen molar-refractivity contribution < 1.29 is 8.42 Å². The van der Waals surface area contributed by atoms with E-state index in [0.29, 0.717) is 12.2 Å². The van der Waals surface area contributed by atoms with Gasteiger partial charge in [0.2, 0.25) is 10.0 Å². The molecule has 0 bridgehead atoms. The first-order chi connectivity index (χ1) is 10.0.